The van der Waals surface area contributed by atoms with E-state index in [1.807, 2.05) is 0 Å². The molecule has 0 aliphatic heterocycles. The molecular weight excluding hydrogens is 770 g/mol. The van der Waals surface area contributed by atoms with Crippen molar-refractivity contribution in [3.8, 4) is 0 Å². The fraction of sp³-hybridized carbons (Fsp3) is 0.475. The van der Waals surface area contributed by atoms with Crippen LogP contribution in [0, 0.1) is 11.8 Å². The topological polar surface area (TPSA) is 299 Å². The molecule has 2 rings (SSSR count). The van der Waals surface area contributed by atoms with E-state index in [9.17, 15) is 58.5 Å². The van der Waals surface area contributed by atoms with Crippen LogP contribution in [0.2, 0.25) is 0 Å². The third-order valence-electron chi connectivity index (χ3n) is 8.93. The maximum atomic E-state index is 13.3. The molecule has 0 saturated carbocycles. The normalized spacial score (nSPS) is 14.5. The summed E-state index contributed by atoms with van der Waals surface area (Å²) in [7, 11) is 0. The second-order valence-corrected chi connectivity index (χ2v) is 14.7. The highest BCUT2D eigenvalue weighted by atomic mass is 16.4. The van der Waals surface area contributed by atoms with Gasteiger partial charge in [-0.05, 0) is 36.8 Å². The Labute approximate surface area is 341 Å². The van der Waals surface area contributed by atoms with Gasteiger partial charge in [-0.3, -0.25) is 38.4 Å². The Kier molecular flexibility index (Phi) is 19.6. The second-order valence-electron chi connectivity index (χ2n) is 14.7. The Balaban J connectivity index is 2.03. The minimum Gasteiger partial charge on any atom is -0.481 e. The number of carbonyl (C=O) groups excluding carboxylic acids is 7. The zero-order chi connectivity index (χ0) is 44.4. The molecule has 0 aromatic heterocycles. The van der Waals surface area contributed by atoms with Gasteiger partial charge in [0, 0.05) is 6.42 Å². The first-order chi connectivity index (χ1) is 27.7. The van der Waals surface area contributed by atoms with Crippen molar-refractivity contribution in [2.75, 3.05) is 6.54 Å². The summed E-state index contributed by atoms with van der Waals surface area (Å²) in [5, 5.41) is 46.4. The number of aliphatic hydroxyl groups is 1. The van der Waals surface area contributed by atoms with Crippen LogP contribution in [0.3, 0.4) is 0 Å². The minimum atomic E-state index is -1.69. The van der Waals surface area contributed by atoms with E-state index in [0.29, 0.717) is 11.1 Å². The fourth-order valence-electron chi connectivity index (χ4n) is 5.52. The highest BCUT2D eigenvalue weighted by Gasteiger charge is 2.35. The molecule has 0 fully saturated rings. The lowest BCUT2D eigenvalue weighted by Gasteiger charge is -2.28. The number of carboxylic acids is 2. The monoisotopic (exact) mass is 825 g/mol. The molecule has 0 spiro atoms. The predicted octanol–water partition coefficient (Wildman–Crippen LogP) is -1.23. The molecule has 59 heavy (non-hydrogen) atoms. The van der Waals surface area contributed by atoms with Gasteiger partial charge in [0.15, 0.2) is 0 Å². The Morgan fingerprint density at radius 3 is 1.58 bits per heavy atom. The molecule has 0 aliphatic rings. The molecule has 7 amide bonds. The summed E-state index contributed by atoms with van der Waals surface area (Å²) in [4.78, 5) is 114. The van der Waals surface area contributed by atoms with E-state index in [1.165, 1.54) is 13.8 Å². The quantitative estimate of drug-likeness (QED) is 0.0630. The second kappa shape index (κ2) is 23.8. The molecule has 0 radical (unpaired) electrons. The number of carbonyl (C=O) groups is 9. The number of aliphatic hydroxyl groups excluding tert-OH is 1. The average Bonchev–Trinajstić information content (AvgIpc) is 3.17. The lowest BCUT2D eigenvalue weighted by molar-refractivity contribution is -0.142. The van der Waals surface area contributed by atoms with Crippen LogP contribution >= 0.6 is 0 Å². The number of aliphatic carboxylic acids is 2. The smallest absolute Gasteiger partial charge is 0.326 e. The Hall–Kier alpha value is -6.37. The number of hydrogen-bond acceptors (Lipinski definition) is 10. The molecule has 19 nitrogen and oxygen atoms in total. The van der Waals surface area contributed by atoms with E-state index in [4.69, 9.17) is 0 Å². The van der Waals surface area contributed by atoms with Crippen molar-refractivity contribution in [1.29, 1.82) is 0 Å². The van der Waals surface area contributed by atoms with E-state index in [0.717, 1.165) is 0 Å². The largest absolute Gasteiger partial charge is 0.481 e. The molecule has 2 aromatic carbocycles. The van der Waals surface area contributed by atoms with Gasteiger partial charge >= 0.3 is 11.9 Å². The van der Waals surface area contributed by atoms with Gasteiger partial charge in [0.1, 0.15) is 36.3 Å². The summed E-state index contributed by atoms with van der Waals surface area (Å²) in [6.45, 7) is 8.17. The number of hydrogen-bond donors (Lipinski definition) is 10. The molecule has 19 heteroatoms. The zero-order valence-corrected chi connectivity index (χ0v) is 33.8. The van der Waals surface area contributed by atoms with Gasteiger partial charge in [0.2, 0.25) is 41.4 Å². The fourth-order valence-corrected chi connectivity index (χ4v) is 5.52. The van der Waals surface area contributed by atoms with Crippen LogP contribution in [-0.4, -0.2) is 118 Å². The van der Waals surface area contributed by atoms with Crippen LogP contribution in [0.15, 0.2) is 60.7 Å². The zero-order valence-electron chi connectivity index (χ0n) is 33.8. The summed E-state index contributed by atoms with van der Waals surface area (Å²) in [6, 6.07) is 8.85. The van der Waals surface area contributed by atoms with E-state index in [-0.39, 0.29) is 12.8 Å². The molecule has 322 valence electrons. The summed E-state index contributed by atoms with van der Waals surface area (Å²) >= 11 is 0. The molecule has 0 aliphatic carbocycles. The first kappa shape index (κ1) is 48.8. The Morgan fingerprint density at radius 2 is 1.05 bits per heavy atom. The summed E-state index contributed by atoms with van der Waals surface area (Å²) < 4.78 is 0. The predicted molar refractivity (Wildman–Crippen MR) is 212 cm³/mol. The maximum Gasteiger partial charge on any atom is 0.326 e. The highest BCUT2D eigenvalue weighted by Crippen LogP contribution is 2.09. The van der Waals surface area contributed by atoms with Crippen molar-refractivity contribution < 1.29 is 58.5 Å². The van der Waals surface area contributed by atoms with Gasteiger partial charge in [-0.2, -0.15) is 0 Å². The van der Waals surface area contributed by atoms with Crippen LogP contribution in [0.1, 0.15) is 59.1 Å². The SMILES string of the molecule is CC(NC(=O)CNC(=O)C(NC(=O)C(C)NC(=O)C(CC(=O)O)NC(=O)C(NC(=O)Cc1ccccc1)C(C)C)C(O)C(C)C)C(=O)NC(Cc1ccccc1)C(=O)O. The van der Waals surface area contributed by atoms with Crippen molar-refractivity contribution in [2.45, 2.75) is 103 Å². The number of amides is 7. The molecule has 2 aromatic rings. The van der Waals surface area contributed by atoms with Crippen molar-refractivity contribution >= 4 is 53.3 Å². The first-order valence-corrected chi connectivity index (χ1v) is 19.0. The van der Waals surface area contributed by atoms with E-state index in [2.05, 4.69) is 37.2 Å². The highest BCUT2D eigenvalue weighted by molar-refractivity contribution is 5.97. The van der Waals surface area contributed by atoms with Crippen molar-refractivity contribution in [2.24, 2.45) is 11.8 Å². The van der Waals surface area contributed by atoms with Gasteiger partial charge in [-0.1, -0.05) is 88.4 Å². The first-order valence-electron chi connectivity index (χ1n) is 19.0. The Bertz CT molecular complexity index is 1790. The van der Waals surface area contributed by atoms with Crippen LogP contribution in [0.5, 0.6) is 0 Å². The number of benzene rings is 2. The van der Waals surface area contributed by atoms with E-state index >= 15 is 0 Å². The van der Waals surface area contributed by atoms with Crippen molar-refractivity contribution in [3.05, 3.63) is 71.8 Å². The lowest BCUT2D eigenvalue weighted by atomic mass is 9.98. The van der Waals surface area contributed by atoms with Crippen molar-refractivity contribution in [1.82, 2.24) is 37.2 Å². The van der Waals surface area contributed by atoms with Gasteiger partial charge in [-0.15, -0.1) is 0 Å². The summed E-state index contributed by atoms with van der Waals surface area (Å²) in [5.41, 5.74) is 1.35. The minimum absolute atomic E-state index is 0.0127. The van der Waals surface area contributed by atoms with Gasteiger partial charge in [-0.25, -0.2) is 4.79 Å². The van der Waals surface area contributed by atoms with Gasteiger partial charge < -0.3 is 52.5 Å². The van der Waals surface area contributed by atoms with Gasteiger partial charge in [0.05, 0.1) is 25.5 Å². The van der Waals surface area contributed by atoms with Crippen LogP contribution in [0.25, 0.3) is 0 Å². The molecule has 0 bridgehead atoms. The third-order valence-corrected chi connectivity index (χ3v) is 8.93. The summed E-state index contributed by atoms with van der Waals surface area (Å²) in [6.07, 6.45) is -2.44. The number of nitrogens with one attached hydrogen (secondary N) is 7. The van der Waals surface area contributed by atoms with Crippen molar-refractivity contribution in [3.63, 3.8) is 0 Å². The Morgan fingerprint density at radius 1 is 0.525 bits per heavy atom. The molecular formula is C40H55N7O12. The summed E-state index contributed by atoms with van der Waals surface area (Å²) in [5.74, 6) is -9.90. The van der Waals surface area contributed by atoms with E-state index < -0.39 is 120 Å². The molecule has 7 unspecified atom stereocenters. The van der Waals surface area contributed by atoms with Gasteiger partial charge in [0.25, 0.3) is 0 Å². The molecule has 7 atom stereocenters. The number of rotatable bonds is 23. The standard InChI is InChI=1S/C40H55N7O12/c1-21(2)32(46-29(48)18-26-15-11-8-12-16-26)39(57)44-27(19-31(50)51)37(55)43-24(6)36(54)47-33(34(52)22(3)4)38(56)41-20-30(49)42-23(5)35(53)45-28(40(58)59)17-25-13-9-7-10-14-25/h7-16,21-24,27-28,32-34,52H,17-20H2,1-6H3,(H,41,56)(H,42,49)(H,43,55)(H,44,57)(H,45,53)(H,46,48)(H,47,54)(H,50,51)(H,58,59). The lowest BCUT2D eigenvalue weighted by Crippen LogP contribution is -2.61. The van der Waals surface area contributed by atoms with E-state index in [1.54, 1.807) is 88.4 Å². The molecule has 10 N–H and O–H groups in total. The van der Waals surface area contributed by atoms with Crippen LogP contribution < -0.4 is 37.2 Å². The van der Waals surface area contributed by atoms with Crippen LogP contribution in [0.4, 0.5) is 0 Å². The van der Waals surface area contributed by atoms with Crippen LogP contribution in [-0.2, 0) is 56.0 Å². The maximum absolute atomic E-state index is 13.3. The number of carboxylic acid groups (broad SMARTS) is 2. The molecule has 0 heterocycles. The molecule has 0 saturated heterocycles. The third kappa shape index (κ3) is 16.9. The average molecular weight is 826 g/mol.